The third-order valence-electron chi connectivity index (χ3n) is 3.58. The highest BCUT2D eigenvalue weighted by molar-refractivity contribution is 5.26. The Morgan fingerprint density at radius 3 is 2.39 bits per heavy atom. The van der Waals surface area contributed by atoms with Gasteiger partial charge in [0, 0.05) is 6.04 Å². The van der Waals surface area contributed by atoms with E-state index < -0.39 is 0 Å². The Balaban J connectivity index is 2.32. The first-order valence-corrected chi connectivity index (χ1v) is 6.43. The highest BCUT2D eigenvalue weighted by atomic mass is 15.1. The largest absolute Gasteiger partial charge is 0.330 e. The normalized spacial score (nSPS) is 14.7. The minimum Gasteiger partial charge on any atom is -0.330 e. The second-order valence-corrected chi connectivity index (χ2v) is 5.10. The average Bonchev–Trinajstić information content (AvgIpc) is 2.87. The van der Waals surface area contributed by atoms with Crippen LogP contribution in [-0.2, 0) is 0 Å². The maximum absolute atomic E-state index is 6.34. The Morgan fingerprint density at radius 1 is 1.11 bits per heavy atom. The molecule has 96 valence electrons. The molecule has 2 rings (SSSR count). The third-order valence-corrected chi connectivity index (χ3v) is 3.58. The molecule has 0 spiro atoms. The summed E-state index contributed by atoms with van der Waals surface area (Å²) in [5.41, 5.74) is 8.53. The van der Waals surface area contributed by atoms with E-state index in [0.717, 1.165) is 11.3 Å². The summed E-state index contributed by atoms with van der Waals surface area (Å²) in [4.78, 5) is 4.26. The summed E-state index contributed by atoms with van der Waals surface area (Å²) in [7, 11) is 0. The van der Waals surface area contributed by atoms with Gasteiger partial charge in [0.05, 0.1) is 24.3 Å². The van der Waals surface area contributed by atoms with Crippen LogP contribution in [0.15, 0.2) is 42.9 Å². The molecule has 2 atom stereocenters. The number of aromatic nitrogens is 2. The van der Waals surface area contributed by atoms with Crippen LogP contribution >= 0.6 is 0 Å². The molecule has 2 unspecified atom stereocenters. The van der Waals surface area contributed by atoms with Crippen molar-refractivity contribution >= 4 is 0 Å². The Labute approximate surface area is 109 Å². The zero-order valence-corrected chi connectivity index (χ0v) is 11.2. The van der Waals surface area contributed by atoms with Crippen molar-refractivity contribution in [3.63, 3.8) is 0 Å². The van der Waals surface area contributed by atoms with Crippen LogP contribution < -0.4 is 5.73 Å². The molecular formula is C15H21N3. The van der Waals surface area contributed by atoms with E-state index in [1.165, 1.54) is 0 Å². The van der Waals surface area contributed by atoms with E-state index in [0.29, 0.717) is 12.0 Å². The summed E-state index contributed by atoms with van der Waals surface area (Å²) < 4.78 is 2.18. The molecule has 0 amide bonds. The lowest BCUT2D eigenvalue weighted by Crippen LogP contribution is -2.20. The quantitative estimate of drug-likeness (QED) is 0.896. The molecule has 2 aromatic rings. The number of hydrogen-bond acceptors (Lipinski definition) is 2. The number of nitrogens with two attached hydrogens (primary N) is 1. The van der Waals surface area contributed by atoms with Crippen molar-refractivity contribution in [1.82, 2.24) is 9.55 Å². The molecule has 0 bridgehead atoms. The SMILES string of the molecule is CC(C)C(C)n1cncc1C(N)c1ccccc1. The van der Waals surface area contributed by atoms with Crippen LogP contribution in [-0.4, -0.2) is 9.55 Å². The molecule has 2 N–H and O–H groups in total. The molecule has 0 radical (unpaired) electrons. The molecule has 18 heavy (non-hydrogen) atoms. The van der Waals surface area contributed by atoms with Gasteiger partial charge in [0.15, 0.2) is 0 Å². The molecule has 1 heterocycles. The number of imidazole rings is 1. The zero-order chi connectivity index (χ0) is 13.1. The molecule has 0 saturated heterocycles. The van der Waals surface area contributed by atoms with Gasteiger partial charge in [-0.2, -0.15) is 0 Å². The van der Waals surface area contributed by atoms with Crippen LogP contribution in [0.1, 0.15) is 44.1 Å². The van der Waals surface area contributed by atoms with E-state index in [-0.39, 0.29) is 6.04 Å². The molecule has 3 nitrogen and oxygen atoms in total. The van der Waals surface area contributed by atoms with Gasteiger partial charge in [-0.25, -0.2) is 4.98 Å². The van der Waals surface area contributed by atoms with E-state index in [4.69, 9.17) is 5.73 Å². The second-order valence-electron chi connectivity index (χ2n) is 5.10. The van der Waals surface area contributed by atoms with Gasteiger partial charge in [-0.3, -0.25) is 0 Å². The molecule has 3 heteroatoms. The van der Waals surface area contributed by atoms with Gasteiger partial charge in [0.25, 0.3) is 0 Å². The number of rotatable bonds is 4. The lowest BCUT2D eigenvalue weighted by atomic mass is 10.0. The Kier molecular flexibility index (Phi) is 3.82. The summed E-state index contributed by atoms with van der Waals surface area (Å²) in [6, 6.07) is 10.4. The first-order chi connectivity index (χ1) is 8.61. The van der Waals surface area contributed by atoms with Crippen LogP contribution in [0.3, 0.4) is 0 Å². The Hall–Kier alpha value is -1.61. The molecule has 1 aromatic heterocycles. The summed E-state index contributed by atoms with van der Waals surface area (Å²) in [6.45, 7) is 6.62. The monoisotopic (exact) mass is 243 g/mol. The lowest BCUT2D eigenvalue weighted by molar-refractivity contribution is 0.394. The summed E-state index contributed by atoms with van der Waals surface area (Å²) in [5, 5.41) is 0. The Bertz CT molecular complexity index is 487. The van der Waals surface area contributed by atoms with Gasteiger partial charge in [-0.1, -0.05) is 44.2 Å². The average molecular weight is 243 g/mol. The minimum atomic E-state index is -0.116. The minimum absolute atomic E-state index is 0.116. The summed E-state index contributed by atoms with van der Waals surface area (Å²) >= 11 is 0. The fourth-order valence-corrected chi connectivity index (χ4v) is 2.05. The van der Waals surface area contributed by atoms with Gasteiger partial charge < -0.3 is 10.3 Å². The highest BCUT2D eigenvalue weighted by Crippen LogP contribution is 2.25. The van der Waals surface area contributed by atoms with Crippen molar-refractivity contribution in [1.29, 1.82) is 0 Å². The predicted octanol–water partition coefficient (Wildman–Crippen LogP) is 3.15. The van der Waals surface area contributed by atoms with Crippen LogP contribution in [0.25, 0.3) is 0 Å². The predicted molar refractivity (Wildman–Crippen MR) is 74.2 cm³/mol. The van der Waals surface area contributed by atoms with Gasteiger partial charge in [-0.15, -0.1) is 0 Å². The molecular weight excluding hydrogens is 222 g/mol. The van der Waals surface area contributed by atoms with E-state index >= 15 is 0 Å². The topological polar surface area (TPSA) is 43.8 Å². The van der Waals surface area contributed by atoms with E-state index in [1.807, 2.05) is 30.7 Å². The number of hydrogen-bond donors (Lipinski definition) is 1. The molecule has 0 aliphatic heterocycles. The van der Waals surface area contributed by atoms with Crippen molar-refractivity contribution in [3.8, 4) is 0 Å². The second kappa shape index (κ2) is 5.36. The van der Waals surface area contributed by atoms with Gasteiger partial charge in [0.1, 0.15) is 0 Å². The van der Waals surface area contributed by atoms with E-state index in [1.54, 1.807) is 0 Å². The molecule has 0 saturated carbocycles. The van der Waals surface area contributed by atoms with Gasteiger partial charge in [0.2, 0.25) is 0 Å². The fourth-order valence-electron chi connectivity index (χ4n) is 2.05. The Morgan fingerprint density at radius 2 is 1.78 bits per heavy atom. The summed E-state index contributed by atoms with van der Waals surface area (Å²) in [6.07, 6.45) is 3.75. The van der Waals surface area contributed by atoms with Crippen LogP contribution in [0.2, 0.25) is 0 Å². The lowest BCUT2D eigenvalue weighted by Gasteiger charge is -2.23. The van der Waals surface area contributed by atoms with Crippen LogP contribution in [0.4, 0.5) is 0 Å². The van der Waals surface area contributed by atoms with Gasteiger partial charge in [-0.05, 0) is 18.4 Å². The summed E-state index contributed by atoms with van der Waals surface area (Å²) in [5.74, 6) is 0.556. The number of nitrogens with zero attached hydrogens (tertiary/aromatic N) is 2. The van der Waals surface area contributed by atoms with Crippen molar-refractivity contribution < 1.29 is 0 Å². The van der Waals surface area contributed by atoms with E-state index in [9.17, 15) is 0 Å². The fraction of sp³-hybridized carbons (Fsp3) is 0.400. The maximum atomic E-state index is 6.34. The van der Waals surface area contributed by atoms with E-state index in [2.05, 4.69) is 42.5 Å². The highest BCUT2D eigenvalue weighted by Gasteiger charge is 2.18. The first kappa shape index (κ1) is 12.8. The smallest absolute Gasteiger partial charge is 0.0951 e. The van der Waals surface area contributed by atoms with Crippen molar-refractivity contribution in [2.45, 2.75) is 32.9 Å². The standard InChI is InChI=1S/C15H21N3/c1-11(2)12(3)18-10-17-9-14(18)15(16)13-7-5-4-6-8-13/h4-12,15H,16H2,1-3H3. The third kappa shape index (κ3) is 2.46. The van der Waals surface area contributed by atoms with Crippen molar-refractivity contribution in [2.75, 3.05) is 0 Å². The molecule has 0 aliphatic rings. The molecule has 1 aromatic carbocycles. The maximum Gasteiger partial charge on any atom is 0.0951 e. The van der Waals surface area contributed by atoms with Crippen LogP contribution in [0, 0.1) is 5.92 Å². The van der Waals surface area contributed by atoms with Crippen LogP contribution in [0.5, 0.6) is 0 Å². The first-order valence-electron chi connectivity index (χ1n) is 6.43. The molecule has 0 aliphatic carbocycles. The zero-order valence-electron chi connectivity index (χ0n) is 11.2. The number of benzene rings is 1. The molecule has 0 fully saturated rings. The van der Waals surface area contributed by atoms with Gasteiger partial charge >= 0.3 is 0 Å². The van der Waals surface area contributed by atoms with Crippen molar-refractivity contribution in [3.05, 3.63) is 54.1 Å². The van der Waals surface area contributed by atoms with Crippen molar-refractivity contribution in [2.24, 2.45) is 11.7 Å².